The summed E-state index contributed by atoms with van der Waals surface area (Å²) >= 11 is 0. The lowest BCUT2D eigenvalue weighted by molar-refractivity contribution is 0.0722. The zero-order valence-electron chi connectivity index (χ0n) is 11.9. The van der Waals surface area contributed by atoms with Gasteiger partial charge in [-0.15, -0.1) is 0 Å². The minimum absolute atomic E-state index is 0.105. The van der Waals surface area contributed by atoms with Gasteiger partial charge in [0.25, 0.3) is 0 Å². The molecule has 0 bridgehead atoms. The van der Waals surface area contributed by atoms with Gasteiger partial charge < -0.3 is 29.0 Å². The average Bonchev–Trinajstić information content (AvgIpc) is 3.12. The van der Waals surface area contributed by atoms with E-state index in [1.54, 1.807) is 0 Å². The van der Waals surface area contributed by atoms with Crippen LogP contribution in [-0.2, 0) is 23.7 Å². The van der Waals surface area contributed by atoms with Crippen LogP contribution in [0.25, 0.3) is 0 Å². The van der Waals surface area contributed by atoms with Crippen LogP contribution in [0.15, 0.2) is 23.7 Å². The molecule has 22 heavy (non-hydrogen) atoms. The van der Waals surface area contributed by atoms with E-state index >= 15 is 0 Å². The van der Waals surface area contributed by atoms with Crippen LogP contribution in [0.2, 0.25) is 0 Å². The zero-order chi connectivity index (χ0) is 15.4. The maximum Gasteiger partial charge on any atom is 0.508 e. The molecule has 1 aliphatic carbocycles. The molecule has 2 atom stereocenters. The molecule has 0 spiro atoms. The molecule has 0 saturated carbocycles. The van der Waals surface area contributed by atoms with Crippen LogP contribution in [-0.4, -0.2) is 50.8 Å². The molecule has 8 nitrogen and oxygen atoms in total. The van der Waals surface area contributed by atoms with Gasteiger partial charge in [0.05, 0.1) is 11.5 Å². The molecule has 0 aromatic heterocycles. The third kappa shape index (κ3) is 3.84. The molecule has 8 heteroatoms. The van der Waals surface area contributed by atoms with Crippen molar-refractivity contribution >= 4 is 12.2 Å². The second-order valence-corrected chi connectivity index (χ2v) is 5.13. The number of hydrogen-bond acceptors (Lipinski definition) is 7. The maximum atomic E-state index is 10.9. The Labute approximate surface area is 127 Å². The van der Waals surface area contributed by atoms with E-state index < -0.39 is 12.2 Å². The molecule has 2 fully saturated rings. The first-order valence-corrected chi connectivity index (χ1v) is 7.11. The summed E-state index contributed by atoms with van der Waals surface area (Å²) < 4.78 is 25.6. The van der Waals surface area contributed by atoms with Crippen molar-refractivity contribution in [3.63, 3.8) is 0 Å². The average molecular weight is 311 g/mol. The lowest BCUT2D eigenvalue weighted by atomic mass is 10.1. The van der Waals surface area contributed by atoms with Crippen molar-refractivity contribution in [3.05, 3.63) is 23.7 Å². The highest BCUT2D eigenvalue weighted by atomic mass is 16.8. The van der Waals surface area contributed by atoms with Gasteiger partial charge in [-0.05, 0) is 12.2 Å². The smallest absolute Gasteiger partial charge is 0.496 e. The summed E-state index contributed by atoms with van der Waals surface area (Å²) in [6.07, 6.45) is 3.70. The van der Waals surface area contributed by atoms with E-state index in [4.69, 9.17) is 18.9 Å². The minimum atomic E-state index is -0.648. The third-order valence-corrected chi connectivity index (χ3v) is 3.39. The van der Waals surface area contributed by atoms with E-state index in [0.717, 1.165) is 11.5 Å². The first kappa shape index (κ1) is 14.6. The van der Waals surface area contributed by atoms with Crippen molar-refractivity contribution in [3.8, 4) is 0 Å². The summed E-state index contributed by atoms with van der Waals surface area (Å²) in [5.74, 6) is 1.65. The van der Waals surface area contributed by atoms with Gasteiger partial charge in [-0.1, -0.05) is 0 Å². The molecule has 2 saturated heterocycles. The summed E-state index contributed by atoms with van der Waals surface area (Å²) in [6, 6.07) is -0.105. The van der Waals surface area contributed by atoms with Gasteiger partial charge in [0.2, 0.25) is 0 Å². The van der Waals surface area contributed by atoms with Crippen LogP contribution in [0, 0.1) is 0 Å². The fourth-order valence-corrected chi connectivity index (χ4v) is 2.21. The first-order chi connectivity index (χ1) is 10.7. The monoisotopic (exact) mass is 311 g/mol. The van der Waals surface area contributed by atoms with E-state index in [0.29, 0.717) is 26.1 Å². The predicted octanol–water partition coefficient (Wildman–Crippen LogP) is 1.22. The second kappa shape index (κ2) is 6.59. The molecule has 0 aromatic rings. The lowest BCUT2D eigenvalue weighted by Crippen LogP contribution is -2.30. The molecule has 0 aromatic carbocycles. The Balaban J connectivity index is 1.39. The highest BCUT2D eigenvalue weighted by Crippen LogP contribution is 2.21. The lowest BCUT2D eigenvalue weighted by Gasteiger charge is -2.18. The summed E-state index contributed by atoms with van der Waals surface area (Å²) in [5.41, 5.74) is 0. The fraction of sp³-hybridized carbons (Fsp3) is 0.571. The fourth-order valence-electron chi connectivity index (χ4n) is 2.21. The third-order valence-electron chi connectivity index (χ3n) is 3.39. The number of rotatable bonds is 6. The van der Waals surface area contributed by atoms with E-state index in [-0.39, 0.29) is 25.4 Å². The Morgan fingerprint density at radius 2 is 1.77 bits per heavy atom. The zero-order valence-corrected chi connectivity index (χ0v) is 11.9. The Morgan fingerprint density at radius 3 is 2.32 bits per heavy atom. The van der Waals surface area contributed by atoms with Crippen LogP contribution in [0.1, 0.15) is 12.8 Å². The Morgan fingerprint density at radius 1 is 1.05 bits per heavy atom. The summed E-state index contributed by atoms with van der Waals surface area (Å²) in [4.78, 5) is 21.7. The molecule has 1 N–H and O–H groups in total. The van der Waals surface area contributed by atoms with Crippen molar-refractivity contribution in [1.82, 2.24) is 5.32 Å². The molecule has 120 valence electrons. The number of nitrogens with one attached hydrogen (secondary N) is 1. The van der Waals surface area contributed by atoms with Gasteiger partial charge in [-0.2, -0.15) is 0 Å². The highest BCUT2D eigenvalue weighted by molar-refractivity contribution is 5.69. The van der Waals surface area contributed by atoms with E-state index in [1.807, 2.05) is 12.2 Å². The van der Waals surface area contributed by atoms with Gasteiger partial charge in [0, 0.05) is 12.8 Å². The van der Waals surface area contributed by atoms with Gasteiger partial charge >= 0.3 is 12.2 Å². The van der Waals surface area contributed by atoms with E-state index in [9.17, 15) is 9.59 Å². The molecular formula is C14H17NO7. The second-order valence-electron chi connectivity index (χ2n) is 5.13. The molecule has 2 heterocycles. The standard InChI is InChI=1S/C14H17NO7/c16-13-15-9(6-20-13)5-18-10-1-3-11(4-2-10)19-7-12-8-21-14(17)22-12/h1,3,9,12H,2,4-8H2,(H,15,16). The van der Waals surface area contributed by atoms with Crippen molar-refractivity contribution in [1.29, 1.82) is 0 Å². The van der Waals surface area contributed by atoms with Gasteiger partial charge in [0.15, 0.2) is 6.10 Å². The van der Waals surface area contributed by atoms with Crippen LogP contribution in [0.3, 0.4) is 0 Å². The van der Waals surface area contributed by atoms with Gasteiger partial charge in [-0.25, -0.2) is 9.59 Å². The van der Waals surface area contributed by atoms with Crippen LogP contribution in [0.5, 0.6) is 0 Å². The van der Waals surface area contributed by atoms with E-state index in [2.05, 4.69) is 10.1 Å². The predicted molar refractivity (Wildman–Crippen MR) is 71.8 cm³/mol. The maximum absolute atomic E-state index is 10.9. The number of hydrogen-bond donors (Lipinski definition) is 1. The molecule has 3 aliphatic rings. The number of ether oxygens (including phenoxy) is 5. The molecule has 2 unspecified atom stereocenters. The van der Waals surface area contributed by atoms with E-state index in [1.165, 1.54) is 0 Å². The van der Waals surface area contributed by atoms with Crippen LogP contribution in [0.4, 0.5) is 9.59 Å². The van der Waals surface area contributed by atoms with Crippen molar-refractivity contribution in [2.45, 2.75) is 25.0 Å². The largest absolute Gasteiger partial charge is 0.508 e. The number of allylic oxidation sites excluding steroid dienone is 4. The topological polar surface area (TPSA) is 92.3 Å². The summed E-state index contributed by atoms with van der Waals surface area (Å²) in [6.45, 7) is 1.23. The van der Waals surface area contributed by atoms with Crippen LogP contribution >= 0.6 is 0 Å². The van der Waals surface area contributed by atoms with Gasteiger partial charge in [-0.3, -0.25) is 0 Å². The number of carbonyl (C=O) groups is 2. The molecule has 3 rings (SSSR count). The Hall–Kier alpha value is -2.38. The Bertz CT molecular complexity index is 467. The van der Waals surface area contributed by atoms with Crippen LogP contribution < -0.4 is 5.32 Å². The summed E-state index contributed by atoms with van der Waals surface area (Å²) in [5, 5.41) is 2.65. The first-order valence-electron chi connectivity index (χ1n) is 7.11. The SMILES string of the molecule is O=C1NC(COC2=CC=C(OCC3COC(=O)O3)CC2)CO1. The summed E-state index contributed by atoms with van der Waals surface area (Å²) in [7, 11) is 0. The minimum Gasteiger partial charge on any atom is -0.496 e. The molecule has 2 aliphatic heterocycles. The number of amides is 1. The van der Waals surface area contributed by atoms with Crippen molar-refractivity contribution in [2.24, 2.45) is 0 Å². The normalized spacial score (nSPS) is 27.1. The Kier molecular flexibility index (Phi) is 4.36. The van der Waals surface area contributed by atoms with Gasteiger partial charge in [0.1, 0.15) is 32.5 Å². The number of carbonyl (C=O) groups excluding carboxylic acids is 2. The number of alkyl carbamates (subject to hydrolysis) is 1. The highest BCUT2D eigenvalue weighted by Gasteiger charge is 2.26. The van der Waals surface area contributed by atoms with Crippen molar-refractivity contribution < 1.29 is 33.3 Å². The number of cyclic esters (lactones) is 3. The quantitative estimate of drug-likeness (QED) is 0.737. The van der Waals surface area contributed by atoms with Crippen molar-refractivity contribution in [2.75, 3.05) is 26.4 Å². The molecule has 0 radical (unpaired) electrons. The molecular weight excluding hydrogens is 294 g/mol. The molecule has 1 amide bonds.